The SMILES string of the molecule is Cc1nn(C)cc1NC(C)c1ccc2c(c1)CCC2. The number of aromatic nitrogens is 2. The lowest BCUT2D eigenvalue weighted by Gasteiger charge is -2.16. The van der Waals surface area contributed by atoms with Gasteiger partial charge >= 0.3 is 0 Å². The molecule has 1 aliphatic carbocycles. The number of nitrogens with one attached hydrogen (secondary N) is 1. The Bertz CT molecular complexity index is 598. The monoisotopic (exact) mass is 255 g/mol. The first-order chi connectivity index (χ1) is 9.13. The van der Waals surface area contributed by atoms with Crippen LogP contribution in [0.5, 0.6) is 0 Å². The van der Waals surface area contributed by atoms with Crippen LogP contribution in [-0.4, -0.2) is 9.78 Å². The molecule has 3 heteroatoms. The molecule has 1 atom stereocenters. The molecule has 1 heterocycles. The Morgan fingerprint density at radius 3 is 2.79 bits per heavy atom. The quantitative estimate of drug-likeness (QED) is 0.911. The molecule has 0 amide bonds. The van der Waals surface area contributed by atoms with Gasteiger partial charge in [-0.1, -0.05) is 18.2 Å². The summed E-state index contributed by atoms with van der Waals surface area (Å²) in [6.45, 7) is 4.25. The molecule has 0 saturated carbocycles. The minimum atomic E-state index is 0.314. The Kier molecular flexibility index (Phi) is 3.05. The minimum Gasteiger partial charge on any atom is -0.376 e. The van der Waals surface area contributed by atoms with Crippen molar-refractivity contribution in [1.82, 2.24) is 9.78 Å². The Morgan fingerprint density at radius 2 is 2.05 bits per heavy atom. The fourth-order valence-corrected chi connectivity index (χ4v) is 2.92. The first-order valence-corrected chi connectivity index (χ1v) is 7.02. The van der Waals surface area contributed by atoms with Crippen molar-refractivity contribution >= 4 is 5.69 Å². The molecule has 0 aliphatic heterocycles. The van der Waals surface area contributed by atoms with Gasteiger partial charge in [-0.15, -0.1) is 0 Å². The van der Waals surface area contributed by atoms with E-state index in [4.69, 9.17) is 0 Å². The van der Waals surface area contributed by atoms with Gasteiger partial charge in [-0.3, -0.25) is 4.68 Å². The van der Waals surface area contributed by atoms with Crippen LogP contribution in [0.15, 0.2) is 24.4 Å². The van der Waals surface area contributed by atoms with E-state index in [1.165, 1.54) is 36.0 Å². The van der Waals surface area contributed by atoms with E-state index in [2.05, 4.69) is 35.5 Å². The van der Waals surface area contributed by atoms with Crippen molar-refractivity contribution in [2.24, 2.45) is 7.05 Å². The molecule has 3 nitrogen and oxygen atoms in total. The third-order valence-corrected chi connectivity index (χ3v) is 4.01. The van der Waals surface area contributed by atoms with Crippen LogP contribution in [0, 0.1) is 6.92 Å². The Balaban J connectivity index is 1.80. The third kappa shape index (κ3) is 2.37. The average molecular weight is 255 g/mol. The van der Waals surface area contributed by atoms with Gasteiger partial charge < -0.3 is 5.32 Å². The normalized spacial score (nSPS) is 15.3. The molecule has 19 heavy (non-hydrogen) atoms. The molecule has 0 saturated heterocycles. The van der Waals surface area contributed by atoms with E-state index in [0.717, 1.165) is 11.4 Å². The van der Waals surface area contributed by atoms with Crippen LogP contribution in [0.2, 0.25) is 0 Å². The number of rotatable bonds is 3. The van der Waals surface area contributed by atoms with Gasteiger partial charge in [-0.05, 0) is 49.8 Å². The zero-order valence-corrected chi connectivity index (χ0v) is 11.9. The van der Waals surface area contributed by atoms with E-state index in [9.17, 15) is 0 Å². The molecule has 1 aromatic heterocycles. The molecular weight excluding hydrogens is 234 g/mol. The molecule has 1 N–H and O–H groups in total. The summed E-state index contributed by atoms with van der Waals surface area (Å²) in [5.41, 5.74) is 6.61. The van der Waals surface area contributed by atoms with E-state index >= 15 is 0 Å². The van der Waals surface area contributed by atoms with Gasteiger partial charge in [0.2, 0.25) is 0 Å². The van der Waals surface area contributed by atoms with Gasteiger partial charge in [-0.25, -0.2) is 0 Å². The molecular formula is C16H21N3. The van der Waals surface area contributed by atoms with Crippen molar-refractivity contribution in [3.05, 3.63) is 46.8 Å². The molecule has 1 aromatic carbocycles. The number of hydrogen-bond acceptors (Lipinski definition) is 2. The summed E-state index contributed by atoms with van der Waals surface area (Å²) >= 11 is 0. The Morgan fingerprint density at radius 1 is 1.26 bits per heavy atom. The Labute approximate surface area is 114 Å². The highest BCUT2D eigenvalue weighted by Gasteiger charge is 2.14. The van der Waals surface area contributed by atoms with E-state index in [1.54, 1.807) is 0 Å². The maximum Gasteiger partial charge on any atom is 0.0825 e. The summed E-state index contributed by atoms with van der Waals surface area (Å²) < 4.78 is 1.85. The topological polar surface area (TPSA) is 29.9 Å². The highest BCUT2D eigenvalue weighted by molar-refractivity contribution is 5.48. The van der Waals surface area contributed by atoms with E-state index in [1.807, 2.05) is 24.9 Å². The smallest absolute Gasteiger partial charge is 0.0825 e. The molecule has 1 unspecified atom stereocenters. The van der Waals surface area contributed by atoms with Crippen LogP contribution < -0.4 is 5.32 Å². The molecule has 100 valence electrons. The van der Waals surface area contributed by atoms with E-state index < -0.39 is 0 Å². The highest BCUT2D eigenvalue weighted by Crippen LogP contribution is 2.27. The number of anilines is 1. The number of hydrogen-bond donors (Lipinski definition) is 1. The van der Waals surface area contributed by atoms with Crippen molar-refractivity contribution in [3.63, 3.8) is 0 Å². The summed E-state index contributed by atoms with van der Waals surface area (Å²) in [6, 6.07) is 7.24. The van der Waals surface area contributed by atoms with Gasteiger partial charge in [-0.2, -0.15) is 5.10 Å². The second-order valence-electron chi connectivity index (χ2n) is 5.55. The number of fused-ring (bicyclic) bond motifs is 1. The molecule has 0 bridgehead atoms. The predicted molar refractivity (Wildman–Crippen MR) is 78.4 cm³/mol. The van der Waals surface area contributed by atoms with Crippen molar-refractivity contribution in [3.8, 4) is 0 Å². The second kappa shape index (κ2) is 4.72. The zero-order valence-electron chi connectivity index (χ0n) is 11.9. The second-order valence-corrected chi connectivity index (χ2v) is 5.55. The molecule has 2 aromatic rings. The number of aryl methyl sites for hydroxylation is 4. The van der Waals surface area contributed by atoms with Crippen LogP contribution in [0.3, 0.4) is 0 Å². The molecule has 0 spiro atoms. The largest absolute Gasteiger partial charge is 0.376 e. The summed E-state index contributed by atoms with van der Waals surface area (Å²) in [7, 11) is 1.96. The fourth-order valence-electron chi connectivity index (χ4n) is 2.92. The molecule has 0 fully saturated rings. The highest BCUT2D eigenvalue weighted by atomic mass is 15.3. The summed E-state index contributed by atoms with van der Waals surface area (Å²) in [5, 5.41) is 7.92. The van der Waals surface area contributed by atoms with Gasteiger partial charge in [0.15, 0.2) is 0 Å². The maximum atomic E-state index is 4.37. The van der Waals surface area contributed by atoms with E-state index in [-0.39, 0.29) is 0 Å². The minimum absolute atomic E-state index is 0.314. The van der Waals surface area contributed by atoms with Gasteiger partial charge in [0.05, 0.1) is 11.4 Å². The number of nitrogens with zero attached hydrogens (tertiary/aromatic N) is 2. The number of benzene rings is 1. The lowest BCUT2D eigenvalue weighted by molar-refractivity contribution is 0.756. The molecule has 1 aliphatic rings. The summed E-state index contributed by atoms with van der Waals surface area (Å²) in [6.07, 6.45) is 5.84. The standard InChI is InChI=1S/C16H21N3/c1-11(17-16-10-19(3)18-12(16)2)14-8-7-13-5-4-6-15(13)9-14/h7-11,17H,4-6H2,1-3H3. The van der Waals surface area contributed by atoms with Crippen molar-refractivity contribution < 1.29 is 0 Å². The van der Waals surface area contributed by atoms with Crippen LogP contribution in [0.25, 0.3) is 0 Å². The third-order valence-electron chi connectivity index (χ3n) is 4.01. The van der Waals surface area contributed by atoms with E-state index in [0.29, 0.717) is 6.04 Å². The van der Waals surface area contributed by atoms with Gasteiger partial charge in [0.25, 0.3) is 0 Å². The van der Waals surface area contributed by atoms with Crippen LogP contribution in [0.4, 0.5) is 5.69 Å². The predicted octanol–water partition coefficient (Wildman–Crippen LogP) is 3.39. The zero-order chi connectivity index (χ0) is 13.4. The molecule has 3 rings (SSSR count). The van der Waals surface area contributed by atoms with Crippen molar-refractivity contribution in [1.29, 1.82) is 0 Å². The lowest BCUT2D eigenvalue weighted by Crippen LogP contribution is -2.07. The lowest BCUT2D eigenvalue weighted by atomic mass is 10.0. The average Bonchev–Trinajstić information content (AvgIpc) is 2.95. The van der Waals surface area contributed by atoms with Gasteiger partial charge in [0, 0.05) is 19.3 Å². The molecule has 0 radical (unpaired) electrons. The van der Waals surface area contributed by atoms with Gasteiger partial charge in [0.1, 0.15) is 0 Å². The summed E-state index contributed by atoms with van der Waals surface area (Å²) in [5.74, 6) is 0. The first kappa shape index (κ1) is 12.3. The van der Waals surface area contributed by atoms with Crippen LogP contribution >= 0.6 is 0 Å². The van der Waals surface area contributed by atoms with Crippen molar-refractivity contribution in [2.45, 2.75) is 39.2 Å². The fraction of sp³-hybridized carbons (Fsp3) is 0.438. The first-order valence-electron chi connectivity index (χ1n) is 7.02. The van der Waals surface area contributed by atoms with Crippen LogP contribution in [-0.2, 0) is 19.9 Å². The van der Waals surface area contributed by atoms with Crippen molar-refractivity contribution in [2.75, 3.05) is 5.32 Å². The summed E-state index contributed by atoms with van der Waals surface area (Å²) in [4.78, 5) is 0. The Hall–Kier alpha value is -1.77. The van der Waals surface area contributed by atoms with Crippen LogP contribution in [0.1, 0.15) is 41.8 Å². The maximum absolute atomic E-state index is 4.37.